The molecule has 4 nitrogen and oxygen atoms in total. The standard InChI is InChI=1S/C19H29N3O.ClH/c1-3-11-21(4-2)16-8-5-14(6-9-16)19(23)22-12-15-7-10-18(20)17(15)13-22;/h5-6,8-9,15,17-18H,3-4,7,10-13,20H2,1-2H3;1H. The maximum absolute atomic E-state index is 12.7. The Morgan fingerprint density at radius 3 is 2.50 bits per heavy atom. The lowest BCUT2D eigenvalue weighted by Crippen LogP contribution is -2.33. The number of nitrogens with two attached hydrogens (primary N) is 1. The topological polar surface area (TPSA) is 49.6 Å². The van der Waals surface area contributed by atoms with E-state index in [1.54, 1.807) is 0 Å². The Bertz CT molecular complexity index is 548. The molecule has 1 aliphatic heterocycles. The van der Waals surface area contributed by atoms with E-state index in [-0.39, 0.29) is 24.4 Å². The second kappa shape index (κ2) is 8.21. The summed E-state index contributed by atoms with van der Waals surface area (Å²) < 4.78 is 0. The van der Waals surface area contributed by atoms with E-state index in [1.165, 1.54) is 12.1 Å². The van der Waals surface area contributed by atoms with Crippen molar-refractivity contribution < 1.29 is 4.79 Å². The quantitative estimate of drug-likeness (QED) is 0.886. The smallest absolute Gasteiger partial charge is 0.253 e. The zero-order valence-electron chi connectivity index (χ0n) is 14.8. The van der Waals surface area contributed by atoms with Gasteiger partial charge < -0.3 is 15.5 Å². The van der Waals surface area contributed by atoms with Crippen LogP contribution < -0.4 is 10.6 Å². The van der Waals surface area contributed by atoms with Crippen LogP contribution in [0, 0.1) is 11.8 Å². The molecule has 1 aliphatic carbocycles. The molecule has 5 heteroatoms. The monoisotopic (exact) mass is 351 g/mol. The van der Waals surface area contributed by atoms with Crippen molar-refractivity contribution >= 4 is 24.0 Å². The van der Waals surface area contributed by atoms with Crippen LogP contribution >= 0.6 is 12.4 Å². The number of carbonyl (C=O) groups excluding carboxylic acids is 1. The van der Waals surface area contributed by atoms with Crippen molar-refractivity contribution in [1.29, 1.82) is 0 Å². The zero-order chi connectivity index (χ0) is 16.4. The van der Waals surface area contributed by atoms with Gasteiger partial charge in [0.1, 0.15) is 0 Å². The third kappa shape index (κ3) is 3.70. The number of amides is 1. The third-order valence-corrected chi connectivity index (χ3v) is 5.55. The molecule has 3 atom stereocenters. The molecule has 2 aliphatic rings. The molecule has 1 aromatic carbocycles. The lowest BCUT2D eigenvalue weighted by Gasteiger charge is -2.23. The summed E-state index contributed by atoms with van der Waals surface area (Å²) in [5.41, 5.74) is 8.18. The maximum Gasteiger partial charge on any atom is 0.253 e. The van der Waals surface area contributed by atoms with Crippen molar-refractivity contribution in [3.63, 3.8) is 0 Å². The molecule has 2 N–H and O–H groups in total. The molecule has 0 aromatic heterocycles. The molecule has 2 fully saturated rings. The fourth-order valence-corrected chi connectivity index (χ4v) is 4.21. The zero-order valence-corrected chi connectivity index (χ0v) is 15.6. The molecule has 1 heterocycles. The van der Waals surface area contributed by atoms with Crippen molar-refractivity contribution in [2.24, 2.45) is 17.6 Å². The van der Waals surface area contributed by atoms with Crippen LogP contribution in [-0.2, 0) is 0 Å². The molecule has 134 valence electrons. The minimum atomic E-state index is 0. The predicted molar refractivity (Wildman–Crippen MR) is 102 cm³/mol. The molecule has 3 rings (SSSR count). The van der Waals surface area contributed by atoms with Gasteiger partial charge in [-0.05, 0) is 62.3 Å². The third-order valence-electron chi connectivity index (χ3n) is 5.55. The van der Waals surface area contributed by atoms with Gasteiger partial charge in [-0.15, -0.1) is 12.4 Å². The molecule has 3 unspecified atom stereocenters. The van der Waals surface area contributed by atoms with Crippen LogP contribution in [0.5, 0.6) is 0 Å². The Morgan fingerprint density at radius 2 is 1.92 bits per heavy atom. The van der Waals surface area contributed by atoms with Gasteiger partial charge in [0.25, 0.3) is 5.91 Å². The molecule has 0 bridgehead atoms. The summed E-state index contributed by atoms with van der Waals surface area (Å²) in [6.45, 7) is 8.13. The number of benzene rings is 1. The van der Waals surface area contributed by atoms with Crippen molar-refractivity contribution in [2.45, 2.75) is 39.2 Å². The van der Waals surface area contributed by atoms with Crippen LogP contribution in [-0.4, -0.2) is 43.0 Å². The van der Waals surface area contributed by atoms with Crippen molar-refractivity contribution in [2.75, 3.05) is 31.1 Å². The van der Waals surface area contributed by atoms with Gasteiger partial charge in [0.05, 0.1) is 0 Å². The second-order valence-corrected chi connectivity index (χ2v) is 7.00. The molecular formula is C19H30ClN3O. The maximum atomic E-state index is 12.7. The molecule has 24 heavy (non-hydrogen) atoms. The van der Waals surface area contributed by atoms with Crippen molar-refractivity contribution in [1.82, 2.24) is 4.90 Å². The van der Waals surface area contributed by atoms with E-state index < -0.39 is 0 Å². The Balaban J connectivity index is 0.00000208. The number of hydrogen-bond donors (Lipinski definition) is 1. The molecule has 0 radical (unpaired) electrons. The van der Waals surface area contributed by atoms with Crippen molar-refractivity contribution in [3.05, 3.63) is 29.8 Å². The normalized spacial score (nSPS) is 25.3. The van der Waals surface area contributed by atoms with E-state index in [4.69, 9.17) is 5.73 Å². The summed E-state index contributed by atoms with van der Waals surface area (Å²) in [5.74, 6) is 1.29. The van der Waals surface area contributed by atoms with E-state index in [2.05, 4.69) is 30.9 Å². The number of rotatable bonds is 5. The summed E-state index contributed by atoms with van der Waals surface area (Å²) >= 11 is 0. The molecular weight excluding hydrogens is 322 g/mol. The van der Waals surface area contributed by atoms with Crippen LogP contribution in [0.25, 0.3) is 0 Å². The number of likely N-dealkylation sites (tertiary alicyclic amines) is 1. The van der Waals surface area contributed by atoms with E-state index in [1.807, 2.05) is 17.0 Å². The minimum absolute atomic E-state index is 0. The first-order valence-corrected chi connectivity index (χ1v) is 9.03. The van der Waals surface area contributed by atoms with Gasteiger partial charge in [-0.25, -0.2) is 0 Å². The Kier molecular flexibility index (Phi) is 6.53. The number of anilines is 1. The van der Waals surface area contributed by atoms with Gasteiger partial charge in [-0.2, -0.15) is 0 Å². The minimum Gasteiger partial charge on any atom is -0.372 e. The van der Waals surface area contributed by atoms with Gasteiger partial charge in [0.2, 0.25) is 0 Å². The summed E-state index contributed by atoms with van der Waals surface area (Å²) in [6, 6.07) is 8.39. The largest absolute Gasteiger partial charge is 0.372 e. The lowest BCUT2D eigenvalue weighted by atomic mass is 9.98. The van der Waals surface area contributed by atoms with E-state index in [0.717, 1.165) is 44.6 Å². The highest BCUT2D eigenvalue weighted by Crippen LogP contribution is 2.37. The number of halogens is 1. The fraction of sp³-hybridized carbons (Fsp3) is 0.632. The van der Waals surface area contributed by atoms with Crippen LogP contribution in [0.4, 0.5) is 5.69 Å². The van der Waals surface area contributed by atoms with Gasteiger partial charge >= 0.3 is 0 Å². The Morgan fingerprint density at radius 1 is 1.21 bits per heavy atom. The highest BCUT2D eigenvalue weighted by atomic mass is 35.5. The molecule has 1 saturated heterocycles. The van der Waals surface area contributed by atoms with E-state index in [9.17, 15) is 4.79 Å². The van der Waals surface area contributed by atoms with Crippen LogP contribution in [0.3, 0.4) is 0 Å². The number of fused-ring (bicyclic) bond motifs is 1. The summed E-state index contributed by atoms with van der Waals surface area (Å²) in [7, 11) is 0. The Hall–Kier alpha value is -1.26. The molecule has 1 amide bonds. The number of nitrogens with zero attached hydrogens (tertiary/aromatic N) is 2. The average molecular weight is 352 g/mol. The van der Waals surface area contributed by atoms with Crippen LogP contribution in [0.15, 0.2) is 24.3 Å². The summed E-state index contributed by atoms with van der Waals surface area (Å²) in [4.78, 5) is 17.1. The first-order chi connectivity index (χ1) is 11.1. The van der Waals surface area contributed by atoms with E-state index in [0.29, 0.717) is 11.8 Å². The molecule has 1 aromatic rings. The van der Waals surface area contributed by atoms with Crippen LogP contribution in [0.1, 0.15) is 43.5 Å². The second-order valence-electron chi connectivity index (χ2n) is 7.00. The van der Waals surface area contributed by atoms with Gasteiger partial charge in [0, 0.05) is 43.5 Å². The van der Waals surface area contributed by atoms with Crippen molar-refractivity contribution in [3.8, 4) is 0 Å². The highest BCUT2D eigenvalue weighted by Gasteiger charge is 2.42. The first kappa shape index (κ1) is 19.1. The number of carbonyl (C=O) groups is 1. The predicted octanol–water partition coefficient (Wildman–Crippen LogP) is 3.15. The van der Waals surface area contributed by atoms with Gasteiger partial charge in [-0.3, -0.25) is 4.79 Å². The highest BCUT2D eigenvalue weighted by molar-refractivity contribution is 5.94. The molecule has 1 saturated carbocycles. The first-order valence-electron chi connectivity index (χ1n) is 9.03. The average Bonchev–Trinajstić information content (AvgIpc) is 3.14. The molecule has 0 spiro atoms. The van der Waals surface area contributed by atoms with Gasteiger partial charge in [-0.1, -0.05) is 6.92 Å². The van der Waals surface area contributed by atoms with Crippen LogP contribution in [0.2, 0.25) is 0 Å². The fourth-order valence-electron chi connectivity index (χ4n) is 4.21. The lowest BCUT2D eigenvalue weighted by molar-refractivity contribution is 0.0779. The SMILES string of the molecule is CCCN(CC)c1ccc(C(=O)N2CC3CCC(N)C3C2)cc1.Cl. The Labute approximate surface area is 151 Å². The summed E-state index contributed by atoms with van der Waals surface area (Å²) in [5, 5.41) is 0. The van der Waals surface area contributed by atoms with E-state index >= 15 is 0 Å². The van der Waals surface area contributed by atoms with Gasteiger partial charge in [0.15, 0.2) is 0 Å². The number of hydrogen-bond acceptors (Lipinski definition) is 3. The summed E-state index contributed by atoms with van der Waals surface area (Å²) in [6.07, 6.45) is 3.43.